The molecule has 0 unspecified atom stereocenters. The summed E-state index contributed by atoms with van der Waals surface area (Å²) >= 11 is 0. The maximum absolute atomic E-state index is 11.9. The van der Waals surface area contributed by atoms with Crippen molar-refractivity contribution >= 4 is 22.8 Å². The molecule has 1 aromatic carbocycles. The van der Waals surface area contributed by atoms with E-state index < -0.39 is 0 Å². The van der Waals surface area contributed by atoms with Crippen molar-refractivity contribution in [1.29, 1.82) is 0 Å². The molecule has 4 rings (SSSR count). The van der Waals surface area contributed by atoms with Crippen molar-refractivity contribution in [3.05, 3.63) is 30.0 Å². The first kappa shape index (κ1) is 15.4. The van der Waals surface area contributed by atoms with Crippen LogP contribution in [0.5, 0.6) is 0 Å². The van der Waals surface area contributed by atoms with E-state index in [1.54, 1.807) is 0 Å². The van der Waals surface area contributed by atoms with Crippen LogP contribution in [0, 0.1) is 6.92 Å². The van der Waals surface area contributed by atoms with Crippen molar-refractivity contribution in [3.63, 3.8) is 0 Å². The third-order valence-corrected chi connectivity index (χ3v) is 5.37. The summed E-state index contributed by atoms with van der Waals surface area (Å²) in [4.78, 5) is 23.3. The Hall–Kier alpha value is -2.17. The summed E-state index contributed by atoms with van der Waals surface area (Å²) in [5, 5.41) is 4.62. The summed E-state index contributed by atoms with van der Waals surface area (Å²) in [6.07, 6.45) is 6.07. The minimum Gasteiger partial charge on any atom is -0.351 e. The number of nitrogens with one attached hydrogen (secondary N) is 1. The van der Waals surface area contributed by atoms with Crippen molar-refractivity contribution in [1.82, 2.24) is 14.9 Å². The first-order valence-electron chi connectivity index (χ1n) is 9.00. The van der Waals surface area contributed by atoms with Crippen LogP contribution in [0.25, 0.3) is 10.9 Å². The van der Waals surface area contributed by atoms with Gasteiger partial charge in [-0.3, -0.25) is 4.79 Å². The van der Waals surface area contributed by atoms with Crippen molar-refractivity contribution in [2.45, 2.75) is 57.5 Å². The fourth-order valence-electron chi connectivity index (χ4n) is 4.07. The predicted octanol–water partition coefficient (Wildman–Crippen LogP) is 3.28. The zero-order chi connectivity index (χ0) is 16.5. The SMILES string of the molecule is Cc1nc(NC2CCC(N3CCCC3=O)CC2)nc2ccccc12. The standard InChI is InChI=1S/C19H24N4O/c1-13-16-5-2-3-6-17(16)22-19(20-13)21-14-8-10-15(11-9-14)23-12-4-7-18(23)24/h2-3,5-6,14-15H,4,7-12H2,1H3,(H,20,21,22). The number of hydrogen-bond donors (Lipinski definition) is 1. The van der Waals surface area contributed by atoms with E-state index >= 15 is 0 Å². The van der Waals surface area contributed by atoms with E-state index in [2.05, 4.69) is 26.3 Å². The molecule has 1 amide bonds. The molecule has 2 heterocycles. The minimum absolute atomic E-state index is 0.347. The highest BCUT2D eigenvalue weighted by Crippen LogP contribution is 2.28. The Kier molecular flexibility index (Phi) is 4.08. The van der Waals surface area contributed by atoms with Gasteiger partial charge in [-0.1, -0.05) is 18.2 Å². The van der Waals surface area contributed by atoms with Gasteiger partial charge >= 0.3 is 0 Å². The van der Waals surface area contributed by atoms with E-state index in [0.717, 1.165) is 67.6 Å². The third kappa shape index (κ3) is 2.95. The molecular weight excluding hydrogens is 300 g/mol. The van der Waals surface area contributed by atoms with E-state index in [9.17, 15) is 4.79 Å². The maximum Gasteiger partial charge on any atom is 0.223 e. The van der Waals surface area contributed by atoms with Crippen LogP contribution in [0.4, 0.5) is 5.95 Å². The highest BCUT2D eigenvalue weighted by molar-refractivity contribution is 5.81. The van der Waals surface area contributed by atoms with Gasteiger partial charge in [-0.15, -0.1) is 0 Å². The molecule has 1 aliphatic carbocycles. The maximum atomic E-state index is 11.9. The van der Waals surface area contributed by atoms with Gasteiger partial charge in [0.25, 0.3) is 0 Å². The number of aromatic nitrogens is 2. The van der Waals surface area contributed by atoms with Crippen LogP contribution in [0.1, 0.15) is 44.2 Å². The number of hydrogen-bond acceptors (Lipinski definition) is 4. The van der Waals surface area contributed by atoms with Crippen molar-refractivity contribution in [3.8, 4) is 0 Å². The quantitative estimate of drug-likeness (QED) is 0.941. The van der Waals surface area contributed by atoms with Crippen LogP contribution >= 0.6 is 0 Å². The lowest BCUT2D eigenvalue weighted by Crippen LogP contribution is -2.41. The van der Waals surface area contributed by atoms with Gasteiger partial charge in [0.2, 0.25) is 11.9 Å². The van der Waals surface area contributed by atoms with Crippen molar-refractivity contribution in [2.75, 3.05) is 11.9 Å². The molecule has 1 saturated heterocycles. The second-order valence-electron chi connectivity index (χ2n) is 6.99. The molecule has 1 saturated carbocycles. The molecule has 2 aromatic rings. The Morgan fingerprint density at radius 3 is 2.67 bits per heavy atom. The smallest absolute Gasteiger partial charge is 0.223 e. The summed E-state index contributed by atoms with van der Waals surface area (Å²) in [5.74, 6) is 1.08. The number of amides is 1. The van der Waals surface area contributed by atoms with Gasteiger partial charge in [0.15, 0.2) is 0 Å². The van der Waals surface area contributed by atoms with E-state index in [1.165, 1.54) is 0 Å². The molecule has 0 radical (unpaired) electrons. The minimum atomic E-state index is 0.347. The summed E-state index contributed by atoms with van der Waals surface area (Å²) < 4.78 is 0. The first-order valence-corrected chi connectivity index (χ1v) is 9.00. The van der Waals surface area contributed by atoms with Gasteiger partial charge < -0.3 is 10.2 Å². The first-order chi connectivity index (χ1) is 11.7. The number of para-hydroxylation sites is 1. The topological polar surface area (TPSA) is 58.1 Å². The fraction of sp³-hybridized carbons (Fsp3) is 0.526. The summed E-state index contributed by atoms with van der Waals surface area (Å²) in [6, 6.07) is 8.97. The number of carbonyl (C=O) groups excluding carboxylic acids is 1. The Labute approximate surface area is 142 Å². The van der Waals surface area contributed by atoms with Crippen LogP contribution < -0.4 is 5.32 Å². The molecule has 5 heteroatoms. The number of likely N-dealkylation sites (tertiary alicyclic amines) is 1. The lowest BCUT2D eigenvalue weighted by molar-refractivity contribution is -0.130. The summed E-state index contributed by atoms with van der Waals surface area (Å²) in [6.45, 7) is 2.99. The summed E-state index contributed by atoms with van der Waals surface area (Å²) in [5.41, 5.74) is 2.00. The highest BCUT2D eigenvalue weighted by Gasteiger charge is 2.31. The van der Waals surface area contributed by atoms with E-state index in [1.807, 2.05) is 25.1 Å². The molecule has 0 spiro atoms. The van der Waals surface area contributed by atoms with E-state index in [4.69, 9.17) is 0 Å². The zero-order valence-electron chi connectivity index (χ0n) is 14.2. The van der Waals surface area contributed by atoms with Gasteiger partial charge in [0.1, 0.15) is 0 Å². The van der Waals surface area contributed by atoms with Crippen LogP contribution in [-0.4, -0.2) is 39.4 Å². The molecule has 0 atom stereocenters. The molecule has 24 heavy (non-hydrogen) atoms. The van der Waals surface area contributed by atoms with Crippen LogP contribution in [-0.2, 0) is 4.79 Å². The molecule has 5 nitrogen and oxygen atoms in total. The van der Waals surface area contributed by atoms with Crippen LogP contribution in [0.15, 0.2) is 24.3 Å². The Morgan fingerprint density at radius 1 is 1.12 bits per heavy atom. The monoisotopic (exact) mass is 324 g/mol. The molecule has 1 N–H and O–H groups in total. The molecule has 1 aliphatic heterocycles. The average Bonchev–Trinajstić information content (AvgIpc) is 3.02. The largest absolute Gasteiger partial charge is 0.351 e. The average molecular weight is 324 g/mol. The van der Waals surface area contributed by atoms with Crippen LogP contribution in [0.3, 0.4) is 0 Å². The number of nitrogens with zero attached hydrogens (tertiary/aromatic N) is 3. The number of carbonyl (C=O) groups is 1. The molecule has 126 valence electrons. The van der Waals surface area contributed by atoms with Gasteiger partial charge in [-0.05, 0) is 45.1 Å². The second-order valence-corrected chi connectivity index (χ2v) is 6.99. The van der Waals surface area contributed by atoms with Gasteiger partial charge in [-0.25, -0.2) is 9.97 Å². The number of benzene rings is 1. The zero-order valence-corrected chi connectivity index (χ0v) is 14.2. The Balaban J connectivity index is 1.41. The third-order valence-electron chi connectivity index (χ3n) is 5.37. The Bertz CT molecular complexity index is 752. The highest BCUT2D eigenvalue weighted by atomic mass is 16.2. The van der Waals surface area contributed by atoms with Crippen molar-refractivity contribution < 1.29 is 4.79 Å². The van der Waals surface area contributed by atoms with E-state index in [0.29, 0.717) is 18.0 Å². The number of anilines is 1. The molecular formula is C19H24N4O. The Morgan fingerprint density at radius 2 is 1.92 bits per heavy atom. The molecule has 2 fully saturated rings. The predicted molar refractivity (Wildman–Crippen MR) is 94.9 cm³/mol. The van der Waals surface area contributed by atoms with Gasteiger partial charge in [-0.2, -0.15) is 0 Å². The lowest BCUT2D eigenvalue weighted by Gasteiger charge is -2.34. The number of aryl methyl sites for hydroxylation is 1. The van der Waals surface area contributed by atoms with Gasteiger partial charge in [0.05, 0.1) is 11.2 Å². The molecule has 1 aromatic heterocycles. The molecule has 2 aliphatic rings. The van der Waals surface area contributed by atoms with Gasteiger partial charge in [0, 0.05) is 30.4 Å². The van der Waals surface area contributed by atoms with E-state index in [-0.39, 0.29) is 0 Å². The fourth-order valence-corrected chi connectivity index (χ4v) is 4.07. The number of rotatable bonds is 3. The lowest BCUT2D eigenvalue weighted by atomic mass is 9.90. The number of fused-ring (bicyclic) bond motifs is 1. The molecule has 0 bridgehead atoms. The normalized spacial score (nSPS) is 24.5. The van der Waals surface area contributed by atoms with Crippen LogP contribution in [0.2, 0.25) is 0 Å². The second kappa shape index (κ2) is 6.38. The summed E-state index contributed by atoms with van der Waals surface area (Å²) in [7, 11) is 0. The van der Waals surface area contributed by atoms with Crippen molar-refractivity contribution in [2.24, 2.45) is 0 Å².